The lowest BCUT2D eigenvalue weighted by Gasteiger charge is -2.08. The second-order valence-corrected chi connectivity index (χ2v) is 6.56. The first-order chi connectivity index (χ1) is 8.51. The number of nitrogens with one attached hydrogen (secondary N) is 1. The van der Waals surface area contributed by atoms with Crippen LogP contribution in [-0.2, 0) is 16.4 Å². The number of ether oxygens (including phenoxy) is 1. The van der Waals surface area contributed by atoms with E-state index >= 15 is 0 Å². The molecule has 0 heterocycles. The molecule has 0 spiro atoms. The van der Waals surface area contributed by atoms with E-state index in [2.05, 4.69) is 12.2 Å². The molecule has 0 aromatic heterocycles. The van der Waals surface area contributed by atoms with Crippen molar-refractivity contribution in [2.24, 2.45) is 0 Å². The fourth-order valence-electron chi connectivity index (χ4n) is 1.46. The van der Waals surface area contributed by atoms with E-state index in [1.54, 1.807) is 0 Å². The minimum atomic E-state index is -2.89. The molecule has 0 saturated heterocycles. The Balaban J connectivity index is 2.38. The Morgan fingerprint density at radius 3 is 2.78 bits per heavy atom. The Morgan fingerprint density at radius 1 is 1.33 bits per heavy atom. The monoisotopic (exact) mass is 271 g/mol. The van der Waals surface area contributed by atoms with Crippen molar-refractivity contribution >= 4 is 9.84 Å². The van der Waals surface area contributed by atoms with Gasteiger partial charge in [0.2, 0.25) is 0 Å². The standard InChI is InChI=1S/C13H21NO3S/c1-3-8-17-13-6-4-5-12(10-13)11-14-7-9-18(2,15)16/h4-6,10,14H,3,7-9,11H2,1-2H3. The number of rotatable bonds is 8. The first kappa shape index (κ1) is 15.0. The fraction of sp³-hybridized carbons (Fsp3) is 0.538. The second-order valence-electron chi connectivity index (χ2n) is 4.30. The van der Waals surface area contributed by atoms with Gasteiger partial charge >= 0.3 is 0 Å². The van der Waals surface area contributed by atoms with E-state index in [4.69, 9.17) is 4.74 Å². The quantitative estimate of drug-likeness (QED) is 0.730. The molecule has 0 amide bonds. The van der Waals surface area contributed by atoms with E-state index in [-0.39, 0.29) is 5.75 Å². The maximum atomic E-state index is 11.0. The number of benzene rings is 1. The third-order valence-corrected chi connectivity index (χ3v) is 3.30. The van der Waals surface area contributed by atoms with Gasteiger partial charge < -0.3 is 10.1 Å². The summed E-state index contributed by atoms with van der Waals surface area (Å²) >= 11 is 0. The van der Waals surface area contributed by atoms with Gasteiger partial charge in [-0.3, -0.25) is 0 Å². The van der Waals surface area contributed by atoms with Crippen molar-refractivity contribution in [2.75, 3.05) is 25.2 Å². The van der Waals surface area contributed by atoms with Crippen molar-refractivity contribution in [1.82, 2.24) is 5.32 Å². The molecule has 5 heteroatoms. The zero-order valence-electron chi connectivity index (χ0n) is 11.0. The highest BCUT2D eigenvalue weighted by atomic mass is 32.2. The Morgan fingerprint density at radius 2 is 2.11 bits per heavy atom. The van der Waals surface area contributed by atoms with E-state index in [1.165, 1.54) is 6.26 Å². The molecule has 0 aliphatic heterocycles. The van der Waals surface area contributed by atoms with Crippen molar-refractivity contribution in [2.45, 2.75) is 19.9 Å². The van der Waals surface area contributed by atoms with Crippen LogP contribution in [0.2, 0.25) is 0 Å². The highest BCUT2D eigenvalue weighted by molar-refractivity contribution is 7.90. The van der Waals surface area contributed by atoms with Crippen LogP contribution in [0.25, 0.3) is 0 Å². The Labute approximate surface area is 109 Å². The fourth-order valence-corrected chi connectivity index (χ4v) is 1.97. The molecule has 1 N–H and O–H groups in total. The summed E-state index contributed by atoms with van der Waals surface area (Å²) in [6.45, 7) is 3.90. The summed E-state index contributed by atoms with van der Waals surface area (Å²) in [6, 6.07) is 7.84. The van der Waals surface area contributed by atoms with E-state index < -0.39 is 9.84 Å². The summed E-state index contributed by atoms with van der Waals surface area (Å²) in [5.41, 5.74) is 1.09. The van der Waals surface area contributed by atoms with Crippen LogP contribution in [0.5, 0.6) is 5.75 Å². The van der Waals surface area contributed by atoms with Crippen molar-refractivity contribution in [3.05, 3.63) is 29.8 Å². The first-order valence-corrected chi connectivity index (χ1v) is 8.17. The lowest BCUT2D eigenvalue weighted by molar-refractivity contribution is 0.317. The number of sulfone groups is 1. The molecule has 0 unspecified atom stereocenters. The SMILES string of the molecule is CCCOc1cccc(CNCCS(C)(=O)=O)c1. The van der Waals surface area contributed by atoms with Crippen LogP contribution in [0, 0.1) is 0 Å². The molecule has 0 radical (unpaired) electrons. The van der Waals surface area contributed by atoms with Gasteiger partial charge in [0, 0.05) is 19.3 Å². The predicted molar refractivity (Wildman–Crippen MR) is 73.6 cm³/mol. The number of hydrogen-bond donors (Lipinski definition) is 1. The normalized spacial score (nSPS) is 11.4. The van der Waals surface area contributed by atoms with Gasteiger partial charge in [-0.1, -0.05) is 19.1 Å². The minimum Gasteiger partial charge on any atom is -0.494 e. The topological polar surface area (TPSA) is 55.4 Å². The molecule has 0 aliphatic carbocycles. The molecule has 1 aromatic carbocycles. The molecule has 0 atom stereocenters. The zero-order chi connectivity index (χ0) is 13.4. The van der Waals surface area contributed by atoms with Crippen LogP contribution in [0.15, 0.2) is 24.3 Å². The van der Waals surface area contributed by atoms with Gasteiger partial charge in [0.1, 0.15) is 15.6 Å². The maximum absolute atomic E-state index is 11.0. The van der Waals surface area contributed by atoms with Gasteiger partial charge in [-0.05, 0) is 24.1 Å². The maximum Gasteiger partial charge on any atom is 0.148 e. The summed E-state index contributed by atoms with van der Waals surface area (Å²) in [4.78, 5) is 0. The van der Waals surface area contributed by atoms with Crippen LogP contribution >= 0.6 is 0 Å². The van der Waals surface area contributed by atoms with Gasteiger partial charge in [0.05, 0.1) is 12.4 Å². The van der Waals surface area contributed by atoms with Gasteiger partial charge in [-0.15, -0.1) is 0 Å². The summed E-state index contributed by atoms with van der Waals surface area (Å²) in [5.74, 6) is 1.03. The number of hydrogen-bond acceptors (Lipinski definition) is 4. The lowest BCUT2D eigenvalue weighted by Crippen LogP contribution is -2.21. The van der Waals surface area contributed by atoms with Crippen molar-refractivity contribution in [3.63, 3.8) is 0 Å². The van der Waals surface area contributed by atoms with Gasteiger partial charge in [-0.25, -0.2) is 8.42 Å². The average Bonchev–Trinajstić information content (AvgIpc) is 2.31. The van der Waals surface area contributed by atoms with Crippen LogP contribution in [-0.4, -0.2) is 33.6 Å². The van der Waals surface area contributed by atoms with E-state index in [9.17, 15) is 8.42 Å². The van der Waals surface area contributed by atoms with Crippen molar-refractivity contribution < 1.29 is 13.2 Å². The van der Waals surface area contributed by atoms with Gasteiger partial charge in [-0.2, -0.15) is 0 Å². The Hall–Kier alpha value is -1.07. The molecule has 0 bridgehead atoms. The average molecular weight is 271 g/mol. The lowest BCUT2D eigenvalue weighted by atomic mass is 10.2. The smallest absolute Gasteiger partial charge is 0.148 e. The third-order valence-electron chi connectivity index (χ3n) is 2.35. The molecular weight excluding hydrogens is 250 g/mol. The Kier molecular flexibility index (Phi) is 6.15. The largest absolute Gasteiger partial charge is 0.494 e. The molecule has 18 heavy (non-hydrogen) atoms. The van der Waals surface area contributed by atoms with Crippen LogP contribution in [0.3, 0.4) is 0 Å². The third kappa shape index (κ3) is 6.61. The summed E-state index contributed by atoms with van der Waals surface area (Å²) in [7, 11) is -2.89. The molecule has 1 aromatic rings. The van der Waals surface area contributed by atoms with Crippen LogP contribution in [0.1, 0.15) is 18.9 Å². The van der Waals surface area contributed by atoms with Gasteiger partial charge in [0.25, 0.3) is 0 Å². The highest BCUT2D eigenvalue weighted by Gasteiger charge is 2.01. The van der Waals surface area contributed by atoms with Crippen LogP contribution < -0.4 is 10.1 Å². The van der Waals surface area contributed by atoms with E-state index in [1.807, 2.05) is 24.3 Å². The molecule has 102 valence electrons. The second kappa shape index (κ2) is 7.38. The minimum absolute atomic E-state index is 0.166. The summed E-state index contributed by atoms with van der Waals surface area (Å²) in [6.07, 6.45) is 2.23. The molecule has 0 fully saturated rings. The van der Waals surface area contributed by atoms with Crippen LogP contribution in [0.4, 0.5) is 0 Å². The predicted octanol–water partition coefficient (Wildman–Crippen LogP) is 1.61. The summed E-state index contributed by atoms with van der Waals surface area (Å²) in [5, 5.41) is 3.11. The molecule has 1 rings (SSSR count). The van der Waals surface area contributed by atoms with Gasteiger partial charge in [0.15, 0.2) is 0 Å². The first-order valence-electron chi connectivity index (χ1n) is 6.11. The molecule has 4 nitrogen and oxygen atoms in total. The summed E-state index contributed by atoms with van der Waals surface area (Å²) < 4.78 is 27.4. The van der Waals surface area contributed by atoms with E-state index in [0.29, 0.717) is 19.7 Å². The van der Waals surface area contributed by atoms with E-state index in [0.717, 1.165) is 17.7 Å². The molecule has 0 saturated carbocycles. The zero-order valence-corrected chi connectivity index (χ0v) is 11.8. The molecule has 0 aliphatic rings. The van der Waals surface area contributed by atoms with Crippen molar-refractivity contribution in [3.8, 4) is 5.75 Å². The Bertz CT molecular complexity index is 457. The highest BCUT2D eigenvalue weighted by Crippen LogP contribution is 2.13. The van der Waals surface area contributed by atoms with Crippen molar-refractivity contribution in [1.29, 1.82) is 0 Å². The molecular formula is C13H21NO3S.